The highest BCUT2D eigenvalue weighted by Crippen LogP contribution is 2.26. The van der Waals surface area contributed by atoms with Gasteiger partial charge in [-0.3, -0.25) is 9.69 Å². The summed E-state index contributed by atoms with van der Waals surface area (Å²) in [6.45, 7) is -0.628. The molecule has 29 heavy (non-hydrogen) atoms. The molecular formula is C21H23F2N3O3. The summed E-state index contributed by atoms with van der Waals surface area (Å²) >= 11 is 0. The number of aromatic nitrogens is 1. The molecule has 0 spiro atoms. The van der Waals surface area contributed by atoms with Gasteiger partial charge in [-0.05, 0) is 30.0 Å². The third-order valence-electron chi connectivity index (χ3n) is 5.65. The van der Waals surface area contributed by atoms with E-state index < -0.39 is 12.7 Å². The molecule has 2 aromatic rings. The third-order valence-corrected chi connectivity index (χ3v) is 5.65. The van der Waals surface area contributed by atoms with Crippen molar-refractivity contribution < 1.29 is 23.4 Å². The number of amides is 1. The van der Waals surface area contributed by atoms with Crippen LogP contribution in [0.4, 0.5) is 8.78 Å². The van der Waals surface area contributed by atoms with Gasteiger partial charge in [0.1, 0.15) is 0 Å². The Kier molecular flexibility index (Phi) is 5.73. The van der Waals surface area contributed by atoms with Crippen LogP contribution in [0, 0.1) is 0 Å². The Hall–Kier alpha value is -2.58. The maximum atomic E-state index is 12.8. The van der Waals surface area contributed by atoms with Crippen molar-refractivity contribution in [2.75, 3.05) is 19.6 Å². The second kappa shape index (κ2) is 8.42. The predicted octanol–water partition coefficient (Wildman–Crippen LogP) is 2.32. The summed E-state index contributed by atoms with van der Waals surface area (Å²) in [6, 6.07) is 11.0. The number of pyridine rings is 1. The number of nitrogens with zero attached hydrogens (tertiary/aromatic N) is 3. The number of β-amino-alcohol motifs (C(OH)–C–C–N with tert-alkyl or cyclic N) is 1. The van der Waals surface area contributed by atoms with E-state index in [1.807, 2.05) is 12.1 Å². The van der Waals surface area contributed by atoms with E-state index in [0.717, 1.165) is 19.5 Å². The van der Waals surface area contributed by atoms with E-state index in [1.54, 1.807) is 4.90 Å². The molecule has 0 radical (unpaired) electrons. The molecule has 2 atom stereocenters. The van der Waals surface area contributed by atoms with Crippen LogP contribution in [0.1, 0.15) is 27.9 Å². The van der Waals surface area contributed by atoms with Gasteiger partial charge >= 0.3 is 6.61 Å². The molecule has 0 saturated carbocycles. The van der Waals surface area contributed by atoms with E-state index in [1.165, 1.54) is 29.5 Å². The van der Waals surface area contributed by atoms with E-state index in [0.29, 0.717) is 13.0 Å². The highest BCUT2D eigenvalue weighted by molar-refractivity contribution is 5.94. The van der Waals surface area contributed by atoms with Crippen molar-refractivity contribution >= 4 is 5.91 Å². The molecule has 2 aliphatic heterocycles. The van der Waals surface area contributed by atoms with Crippen molar-refractivity contribution in [3.8, 4) is 5.88 Å². The molecule has 3 heterocycles. The number of hydrogen-bond acceptors (Lipinski definition) is 5. The standard InChI is InChI=1S/C21H23F2N3O3/c22-21(23)29-19-11-15(5-8-24-19)20(28)26-10-7-17(18(27)13-26)25-9-6-14-3-1-2-4-16(14)12-25/h1-5,8,11,17-18,21,27H,6-7,9-10,12-13H2/t17-,18?/m0/s1. The first-order chi connectivity index (χ1) is 14.0. The fraction of sp³-hybridized carbons (Fsp3) is 0.429. The van der Waals surface area contributed by atoms with Gasteiger partial charge in [0.2, 0.25) is 5.88 Å². The molecule has 1 N–H and O–H groups in total. The Labute approximate surface area is 167 Å². The van der Waals surface area contributed by atoms with Crippen molar-refractivity contribution in [3.05, 3.63) is 59.3 Å². The van der Waals surface area contributed by atoms with Gasteiger partial charge in [-0.1, -0.05) is 24.3 Å². The molecule has 1 saturated heterocycles. The first-order valence-electron chi connectivity index (χ1n) is 9.70. The summed E-state index contributed by atoms with van der Waals surface area (Å²) in [5, 5.41) is 10.7. The van der Waals surface area contributed by atoms with Crippen LogP contribution in [0.5, 0.6) is 5.88 Å². The van der Waals surface area contributed by atoms with Gasteiger partial charge < -0.3 is 14.7 Å². The first kappa shape index (κ1) is 19.7. The lowest BCUT2D eigenvalue weighted by molar-refractivity contribution is -0.0529. The van der Waals surface area contributed by atoms with Crippen molar-refractivity contribution in [1.29, 1.82) is 0 Å². The highest BCUT2D eigenvalue weighted by Gasteiger charge is 2.35. The average molecular weight is 403 g/mol. The lowest BCUT2D eigenvalue weighted by Crippen LogP contribution is -2.56. The Morgan fingerprint density at radius 3 is 2.76 bits per heavy atom. The lowest BCUT2D eigenvalue weighted by atomic mass is 9.94. The van der Waals surface area contributed by atoms with E-state index >= 15 is 0 Å². The molecule has 2 aliphatic rings. The number of alkyl halides is 2. The minimum atomic E-state index is -3.00. The van der Waals surface area contributed by atoms with Crippen LogP contribution >= 0.6 is 0 Å². The molecular weight excluding hydrogens is 380 g/mol. The quantitative estimate of drug-likeness (QED) is 0.849. The zero-order valence-corrected chi connectivity index (χ0v) is 15.9. The molecule has 1 unspecified atom stereocenters. The Bertz CT molecular complexity index is 880. The number of carbonyl (C=O) groups excluding carboxylic acids is 1. The zero-order valence-electron chi connectivity index (χ0n) is 15.9. The van der Waals surface area contributed by atoms with Gasteiger partial charge in [0.05, 0.1) is 6.10 Å². The maximum absolute atomic E-state index is 12.8. The van der Waals surface area contributed by atoms with E-state index in [4.69, 9.17) is 0 Å². The van der Waals surface area contributed by atoms with Crippen molar-refractivity contribution in [1.82, 2.24) is 14.8 Å². The Balaban J connectivity index is 1.40. The fourth-order valence-corrected chi connectivity index (χ4v) is 4.21. The minimum absolute atomic E-state index is 0.0115. The van der Waals surface area contributed by atoms with Gasteiger partial charge in [0.15, 0.2) is 0 Å². The van der Waals surface area contributed by atoms with E-state index in [9.17, 15) is 18.7 Å². The van der Waals surface area contributed by atoms with Crippen LogP contribution in [0.2, 0.25) is 0 Å². The molecule has 4 rings (SSSR count). The van der Waals surface area contributed by atoms with Crippen LogP contribution in [0.3, 0.4) is 0 Å². The molecule has 154 valence electrons. The smallest absolute Gasteiger partial charge is 0.388 e. The number of carbonyl (C=O) groups is 1. The fourth-order valence-electron chi connectivity index (χ4n) is 4.21. The van der Waals surface area contributed by atoms with E-state index in [-0.39, 0.29) is 29.9 Å². The Morgan fingerprint density at radius 2 is 2.00 bits per heavy atom. The molecule has 0 aliphatic carbocycles. The van der Waals surface area contributed by atoms with Crippen LogP contribution in [-0.4, -0.2) is 64.2 Å². The number of benzene rings is 1. The number of halogens is 2. The largest absolute Gasteiger partial charge is 0.417 e. The van der Waals surface area contributed by atoms with Gasteiger partial charge in [0, 0.05) is 50.0 Å². The van der Waals surface area contributed by atoms with Crippen molar-refractivity contribution in [2.45, 2.75) is 38.1 Å². The van der Waals surface area contributed by atoms with Crippen LogP contribution in [0.15, 0.2) is 42.6 Å². The number of rotatable bonds is 4. The van der Waals surface area contributed by atoms with Crippen LogP contribution in [0.25, 0.3) is 0 Å². The van der Waals surface area contributed by atoms with Crippen LogP contribution < -0.4 is 4.74 Å². The highest BCUT2D eigenvalue weighted by atomic mass is 19.3. The number of aliphatic hydroxyl groups is 1. The normalized spacial score (nSPS) is 22.4. The number of likely N-dealkylation sites (tertiary alicyclic amines) is 1. The molecule has 1 aromatic heterocycles. The zero-order chi connectivity index (χ0) is 20.4. The number of fused-ring (bicyclic) bond motifs is 1. The SMILES string of the molecule is O=C(c1ccnc(OC(F)F)c1)N1CC[C@H](N2CCc3ccccc3C2)C(O)C1. The van der Waals surface area contributed by atoms with Gasteiger partial charge in [-0.25, -0.2) is 4.98 Å². The molecule has 1 amide bonds. The summed E-state index contributed by atoms with van der Waals surface area (Å²) in [7, 11) is 0. The second-order valence-corrected chi connectivity index (χ2v) is 7.42. The Morgan fingerprint density at radius 1 is 1.21 bits per heavy atom. The predicted molar refractivity (Wildman–Crippen MR) is 102 cm³/mol. The summed E-state index contributed by atoms with van der Waals surface area (Å²) in [4.78, 5) is 20.3. The summed E-state index contributed by atoms with van der Waals surface area (Å²) in [6.07, 6.45) is 2.20. The van der Waals surface area contributed by atoms with Gasteiger partial charge in [-0.2, -0.15) is 8.78 Å². The molecule has 1 aromatic carbocycles. The minimum Gasteiger partial charge on any atom is -0.417 e. The van der Waals surface area contributed by atoms with Crippen molar-refractivity contribution in [3.63, 3.8) is 0 Å². The molecule has 8 heteroatoms. The number of aliphatic hydroxyl groups excluding tert-OH is 1. The molecule has 0 bridgehead atoms. The monoisotopic (exact) mass is 403 g/mol. The summed E-state index contributed by atoms with van der Waals surface area (Å²) in [5.41, 5.74) is 2.85. The number of piperidine rings is 1. The van der Waals surface area contributed by atoms with Gasteiger partial charge in [0.25, 0.3) is 5.91 Å². The third kappa shape index (κ3) is 4.38. The summed E-state index contributed by atoms with van der Waals surface area (Å²) in [5.74, 6) is -0.624. The summed E-state index contributed by atoms with van der Waals surface area (Å²) < 4.78 is 29.0. The second-order valence-electron chi connectivity index (χ2n) is 7.42. The molecule has 6 nitrogen and oxygen atoms in total. The van der Waals surface area contributed by atoms with E-state index in [2.05, 4.69) is 26.8 Å². The average Bonchev–Trinajstić information content (AvgIpc) is 2.72. The lowest BCUT2D eigenvalue weighted by Gasteiger charge is -2.43. The maximum Gasteiger partial charge on any atom is 0.388 e. The van der Waals surface area contributed by atoms with Crippen LogP contribution in [-0.2, 0) is 13.0 Å². The topological polar surface area (TPSA) is 65.9 Å². The number of ether oxygens (including phenoxy) is 1. The first-order valence-corrected chi connectivity index (χ1v) is 9.70. The van der Waals surface area contributed by atoms with Gasteiger partial charge in [-0.15, -0.1) is 0 Å². The number of hydrogen-bond donors (Lipinski definition) is 1. The van der Waals surface area contributed by atoms with Crippen molar-refractivity contribution in [2.24, 2.45) is 0 Å². The molecule has 1 fully saturated rings.